The van der Waals surface area contributed by atoms with E-state index in [1.165, 1.54) is 20.2 Å². The molecule has 0 saturated heterocycles. The first-order chi connectivity index (χ1) is 12.5. The van der Waals surface area contributed by atoms with E-state index in [0.717, 1.165) is 0 Å². The van der Waals surface area contributed by atoms with Crippen LogP contribution < -0.4 is 20.8 Å². The first-order valence-electron chi connectivity index (χ1n) is 7.86. The van der Waals surface area contributed by atoms with E-state index in [4.69, 9.17) is 4.74 Å². The number of H-pyrrole nitrogens is 1. The summed E-state index contributed by atoms with van der Waals surface area (Å²) in [6.45, 7) is 1.40. The van der Waals surface area contributed by atoms with E-state index < -0.39 is 5.91 Å². The van der Waals surface area contributed by atoms with Gasteiger partial charge in [0, 0.05) is 35.9 Å². The molecule has 0 bridgehead atoms. The van der Waals surface area contributed by atoms with Crippen molar-refractivity contribution < 1.29 is 14.3 Å². The first-order valence-corrected chi connectivity index (χ1v) is 7.86. The van der Waals surface area contributed by atoms with E-state index in [1.54, 1.807) is 42.5 Å². The quantitative estimate of drug-likeness (QED) is 0.673. The minimum Gasteiger partial charge on any atom is -0.497 e. The van der Waals surface area contributed by atoms with E-state index in [2.05, 4.69) is 15.6 Å². The third-order valence-corrected chi connectivity index (χ3v) is 3.77. The average molecular weight is 351 g/mol. The molecule has 0 aliphatic carbocycles. The molecule has 7 heteroatoms. The van der Waals surface area contributed by atoms with Crippen LogP contribution in [-0.4, -0.2) is 23.9 Å². The van der Waals surface area contributed by atoms with Crippen LogP contribution >= 0.6 is 0 Å². The van der Waals surface area contributed by atoms with Gasteiger partial charge < -0.3 is 20.4 Å². The number of aromatic amines is 1. The van der Waals surface area contributed by atoms with Crippen LogP contribution in [0.2, 0.25) is 0 Å². The minimum atomic E-state index is -0.538. The zero-order valence-electron chi connectivity index (χ0n) is 14.3. The third-order valence-electron chi connectivity index (χ3n) is 3.77. The highest BCUT2D eigenvalue weighted by atomic mass is 16.5. The highest BCUT2D eigenvalue weighted by Gasteiger charge is 2.14. The maximum Gasteiger partial charge on any atom is 0.261 e. The number of rotatable bonds is 4. The van der Waals surface area contributed by atoms with Crippen LogP contribution in [0.4, 0.5) is 11.4 Å². The van der Waals surface area contributed by atoms with Gasteiger partial charge in [-0.3, -0.25) is 14.4 Å². The van der Waals surface area contributed by atoms with Crippen LogP contribution in [0.15, 0.2) is 53.5 Å². The Labute approximate surface area is 149 Å². The molecule has 0 fully saturated rings. The van der Waals surface area contributed by atoms with Crippen molar-refractivity contribution in [2.45, 2.75) is 6.92 Å². The topological polar surface area (TPSA) is 100 Å². The number of fused-ring (bicyclic) bond motifs is 1. The second-order valence-electron chi connectivity index (χ2n) is 5.66. The molecule has 2 aromatic carbocycles. The van der Waals surface area contributed by atoms with Gasteiger partial charge in [-0.1, -0.05) is 6.07 Å². The van der Waals surface area contributed by atoms with E-state index in [1.807, 2.05) is 0 Å². The van der Waals surface area contributed by atoms with Crippen molar-refractivity contribution in [1.82, 2.24) is 4.98 Å². The predicted molar refractivity (Wildman–Crippen MR) is 99.8 cm³/mol. The molecule has 0 aliphatic heterocycles. The molecule has 0 unspecified atom stereocenters. The van der Waals surface area contributed by atoms with Gasteiger partial charge in [-0.05, 0) is 30.3 Å². The number of nitrogens with one attached hydrogen (secondary N) is 3. The van der Waals surface area contributed by atoms with Crippen molar-refractivity contribution in [3.63, 3.8) is 0 Å². The number of hydrogen-bond acceptors (Lipinski definition) is 4. The number of hydrogen-bond donors (Lipinski definition) is 3. The van der Waals surface area contributed by atoms with Crippen molar-refractivity contribution in [2.75, 3.05) is 17.7 Å². The molecule has 0 atom stereocenters. The monoisotopic (exact) mass is 351 g/mol. The molecule has 3 aromatic rings. The predicted octanol–water partition coefficient (Wildman–Crippen LogP) is 2.75. The van der Waals surface area contributed by atoms with Gasteiger partial charge in [0.1, 0.15) is 11.3 Å². The van der Waals surface area contributed by atoms with Crippen molar-refractivity contribution in [3.8, 4) is 5.75 Å². The average Bonchev–Trinajstić information content (AvgIpc) is 2.61. The van der Waals surface area contributed by atoms with E-state index in [9.17, 15) is 14.4 Å². The fourth-order valence-corrected chi connectivity index (χ4v) is 2.57. The summed E-state index contributed by atoms with van der Waals surface area (Å²) in [5, 5.41) is 5.69. The molecule has 132 valence electrons. The number of carbonyl (C=O) groups excluding carboxylic acids is 2. The number of pyridine rings is 1. The van der Waals surface area contributed by atoms with Gasteiger partial charge in [0.15, 0.2) is 0 Å². The van der Waals surface area contributed by atoms with Gasteiger partial charge in [0.05, 0.1) is 12.6 Å². The SMILES string of the molecule is COc1ccc2c(=O)c(C(=O)Nc3cccc(NC(C)=O)c3)c[nH]c2c1. The summed E-state index contributed by atoms with van der Waals surface area (Å²) in [6.07, 6.45) is 1.37. The Bertz CT molecular complexity index is 1060. The fraction of sp³-hybridized carbons (Fsp3) is 0.105. The molecule has 3 rings (SSSR count). The van der Waals surface area contributed by atoms with Gasteiger partial charge in [-0.2, -0.15) is 0 Å². The molecular weight excluding hydrogens is 334 g/mol. The van der Waals surface area contributed by atoms with Crippen molar-refractivity contribution in [1.29, 1.82) is 0 Å². The number of ether oxygens (including phenoxy) is 1. The van der Waals surface area contributed by atoms with Crippen LogP contribution in [0.3, 0.4) is 0 Å². The zero-order valence-corrected chi connectivity index (χ0v) is 14.3. The normalized spacial score (nSPS) is 10.4. The molecular formula is C19H17N3O4. The van der Waals surface area contributed by atoms with Crippen molar-refractivity contribution in [2.24, 2.45) is 0 Å². The zero-order chi connectivity index (χ0) is 18.7. The molecule has 2 amide bonds. The third kappa shape index (κ3) is 3.56. The van der Waals surface area contributed by atoms with Crippen molar-refractivity contribution >= 4 is 34.1 Å². The molecule has 0 aliphatic rings. The fourth-order valence-electron chi connectivity index (χ4n) is 2.57. The second-order valence-corrected chi connectivity index (χ2v) is 5.66. The number of anilines is 2. The molecule has 1 aromatic heterocycles. The minimum absolute atomic E-state index is 0.00685. The van der Waals surface area contributed by atoms with Gasteiger partial charge in [0.2, 0.25) is 11.3 Å². The molecule has 0 saturated carbocycles. The Morgan fingerprint density at radius 1 is 1.04 bits per heavy atom. The molecule has 1 heterocycles. The van der Waals surface area contributed by atoms with Crippen LogP contribution in [0.1, 0.15) is 17.3 Å². The highest BCUT2D eigenvalue weighted by Crippen LogP contribution is 2.18. The summed E-state index contributed by atoms with van der Waals surface area (Å²) in [7, 11) is 1.54. The summed E-state index contributed by atoms with van der Waals surface area (Å²) >= 11 is 0. The lowest BCUT2D eigenvalue weighted by Crippen LogP contribution is -2.22. The first kappa shape index (κ1) is 17.2. The molecule has 3 N–H and O–H groups in total. The van der Waals surface area contributed by atoms with Crippen molar-refractivity contribution in [3.05, 3.63) is 64.4 Å². The standard InChI is InChI=1S/C19H17N3O4/c1-11(23)21-12-4-3-5-13(8-12)22-19(25)16-10-20-17-9-14(26-2)6-7-15(17)18(16)24/h3-10H,1-2H3,(H,20,24)(H,21,23)(H,22,25). The summed E-state index contributed by atoms with van der Waals surface area (Å²) in [5.41, 5.74) is 1.22. The number of amides is 2. The lowest BCUT2D eigenvalue weighted by Gasteiger charge is -2.08. The van der Waals surface area contributed by atoms with Crippen LogP contribution in [-0.2, 0) is 4.79 Å². The highest BCUT2D eigenvalue weighted by molar-refractivity contribution is 6.06. The molecule has 7 nitrogen and oxygen atoms in total. The van der Waals surface area contributed by atoms with E-state index in [-0.39, 0.29) is 16.9 Å². The summed E-state index contributed by atoms with van der Waals surface area (Å²) in [5.74, 6) is -0.140. The Kier molecular flexibility index (Phi) is 4.70. The van der Waals surface area contributed by atoms with E-state index >= 15 is 0 Å². The number of methoxy groups -OCH3 is 1. The lowest BCUT2D eigenvalue weighted by atomic mass is 10.1. The molecule has 0 spiro atoms. The van der Waals surface area contributed by atoms with Gasteiger partial charge in [0.25, 0.3) is 5.91 Å². The molecule has 26 heavy (non-hydrogen) atoms. The number of benzene rings is 2. The molecule has 0 radical (unpaired) electrons. The van der Waals surface area contributed by atoms with Crippen LogP contribution in [0.5, 0.6) is 5.75 Å². The van der Waals surface area contributed by atoms with E-state index in [0.29, 0.717) is 28.0 Å². The summed E-state index contributed by atoms with van der Waals surface area (Å²) in [6, 6.07) is 11.6. The number of carbonyl (C=O) groups is 2. The van der Waals surface area contributed by atoms with Crippen LogP contribution in [0.25, 0.3) is 10.9 Å². The Morgan fingerprint density at radius 2 is 1.77 bits per heavy atom. The summed E-state index contributed by atoms with van der Waals surface area (Å²) < 4.78 is 5.13. The largest absolute Gasteiger partial charge is 0.497 e. The van der Waals surface area contributed by atoms with Gasteiger partial charge in [-0.25, -0.2) is 0 Å². The Balaban J connectivity index is 1.89. The summed E-state index contributed by atoms with van der Waals surface area (Å²) in [4.78, 5) is 39.2. The lowest BCUT2D eigenvalue weighted by molar-refractivity contribution is -0.114. The maximum absolute atomic E-state index is 12.6. The second kappa shape index (κ2) is 7.10. The smallest absolute Gasteiger partial charge is 0.261 e. The maximum atomic E-state index is 12.6. The van der Waals surface area contributed by atoms with Gasteiger partial charge >= 0.3 is 0 Å². The Morgan fingerprint density at radius 3 is 2.46 bits per heavy atom. The Hall–Kier alpha value is -3.61. The van der Waals surface area contributed by atoms with Crippen LogP contribution in [0, 0.1) is 0 Å². The number of aromatic nitrogens is 1. The van der Waals surface area contributed by atoms with Gasteiger partial charge in [-0.15, -0.1) is 0 Å².